The molecule has 0 bridgehead atoms. The van der Waals surface area contributed by atoms with E-state index < -0.39 is 0 Å². The first-order valence-corrected chi connectivity index (χ1v) is 6.57. The minimum Gasteiger partial charge on any atom is -0.225 e. The van der Waals surface area contributed by atoms with E-state index in [1.807, 2.05) is 0 Å². The first kappa shape index (κ1) is 9.50. The van der Waals surface area contributed by atoms with Crippen molar-refractivity contribution < 1.29 is 9.13 Å². The Bertz CT molecular complexity index is 995. The highest BCUT2D eigenvalue weighted by molar-refractivity contribution is 6.09. The second kappa shape index (κ2) is 2.94. The van der Waals surface area contributed by atoms with Crippen molar-refractivity contribution in [3.05, 3.63) is 54.5 Å². The zero-order valence-corrected chi connectivity index (χ0v) is 10.7. The predicted octanol–water partition coefficient (Wildman–Crippen LogP) is 1.72. The van der Waals surface area contributed by atoms with Crippen LogP contribution in [0.2, 0.25) is 0 Å². The van der Waals surface area contributed by atoms with Crippen LogP contribution < -0.4 is 9.13 Å². The second-order valence-corrected chi connectivity index (χ2v) is 5.31. The molecule has 0 saturated heterocycles. The Hall–Kier alpha value is -2.42. The number of fused-ring (bicyclic) bond motifs is 3. The fourth-order valence-corrected chi connectivity index (χ4v) is 3.51. The van der Waals surface area contributed by atoms with Gasteiger partial charge >= 0.3 is 0 Å². The molecule has 0 N–H and O–H groups in total. The van der Waals surface area contributed by atoms with E-state index in [-0.39, 0.29) is 0 Å². The van der Waals surface area contributed by atoms with Gasteiger partial charge < -0.3 is 0 Å². The van der Waals surface area contributed by atoms with E-state index in [0.717, 1.165) is 6.54 Å². The maximum atomic E-state index is 2.34. The molecule has 3 nitrogen and oxygen atoms in total. The smallest absolute Gasteiger partial charge is 0.225 e. The minimum absolute atomic E-state index is 0.989. The quantitative estimate of drug-likeness (QED) is 0.292. The number of aromatic nitrogens is 3. The van der Waals surface area contributed by atoms with Gasteiger partial charge in [-0.3, -0.25) is 0 Å². The molecule has 19 heavy (non-hydrogen) atoms. The van der Waals surface area contributed by atoms with E-state index in [1.165, 1.54) is 33.0 Å². The second-order valence-electron chi connectivity index (χ2n) is 5.31. The molecule has 4 aromatic rings. The van der Waals surface area contributed by atoms with Crippen LogP contribution in [0.4, 0.5) is 0 Å². The van der Waals surface area contributed by atoms with Gasteiger partial charge in [-0.1, -0.05) is 12.1 Å². The molecular weight excluding hydrogens is 234 g/mol. The molecule has 1 aromatic carbocycles. The maximum Gasteiger partial charge on any atom is 0.295 e. The van der Waals surface area contributed by atoms with Crippen LogP contribution in [0, 0.1) is 0 Å². The molecule has 0 fully saturated rings. The Kier molecular flexibility index (Phi) is 1.47. The van der Waals surface area contributed by atoms with E-state index in [1.54, 1.807) is 0 Å². The predicted molar refractivity (Wildman–Crippen MR) is 72.9 cm³/mol. The normalized spacial score (nSPS) is 13.3. The van der Waals surface area contributed by atoms with Crippen molar-refractivity contribution >= 4 is 27.5 Å². The molecule has 0 atom stereocenters. The van der Waals surface area contributed by atoms with E-state index >= 15 is 0 Å². The van der Waals surface area contributed by atoms with Gasteiger partial charge in [0.2, 0.25) is 5.52 Å². The summed E-state index contributed by atoms with van der Waals surface area (Å²) < 4.78 is 6.87. The van der Waals surface area contributed by atoms with Crippen LogP contribution in [0.25, 0.3) is 27.5 Å². The van der Waals surface area contributed by atoms with Gasteiger partial charge in [0.15, 0.2) is 6.20 Å². The van der Waals surface area contributed by atoms with Gasteiger partial charge in [0.1, 0.15) is 26.0 Å². The van der Waals surface area contributed by atoms with Gasteiger partial charge in [0, 0.05) is 11.6 Å². The van der Waals surface area contributed by atoms with Gasteiger partial charge in [-0.15, -0.1) is 0 Å². The highest BCUT2D eigenvalue weighted by Crippen LogP contribution is 2.31. The summed E-state index contributed by atoms with van der Waals surface area (Å²) in [4.78, 5) is 0. The Morgan fingerprint density at radius 2 is 2.05 bits per heavy atom. The number of benzene rings is 1. The van der Waals surface area contributed by atoms with Crippen molar-refractivity contribution in [1.29, 1.82) is 0 Å². The largest absolute Gasteiger partial charge is 0.295 e. The summed E-state index contributed by atoms with van der Waals surface area (Å²) in [6.07, 6.45) is 6.48. The summed E-state index contributed by atoms with van der Waals surface area (Å²) in [5.41, 5.74) is 5.32. The van der Waals surface area contributed by atoms with E-state index in [0.29, 0.717) is 0 Å². The molecular formula is C16H13N3+2. The van der Waals surface area contributed by atoms with Crippen LogP contribution in [0.3, 0.4) is 0 Å². The molecule has 0 spiro atoms. The molecule has 3 aromatic heterocycles. The highest BCUT2D eigenvalue weighted by Gasteiger charge is 2.29. The molecule has 0 aliphatic carbocycles. The monoisotopic (exact) mass is 247 g/mol. The van der Waals surface area contributed by atoms with Crippen LogP contribution in [0.5, 0.6) is 0 Å². The first-order chi connectivity index (χ1) is 9.34. The number of imidazole rings is 1. The minimum atomic E-state index is 0.989. The van der Waals surface area contributed by atoms with E-state index in [2.05, 4.69) is 69.5 Å². The summed E-state index contributed by atoms with van der Waals surface area (Å²) in [7, 11) is 2.12. The Labute approximate surface area is 109 Å². The maximum absolute atomic E-state index is 2.34. The standard InChI is InChI=1S/C16H13N3/c1-17-7-3-6-13-15(17)12-5-2-4-11-10-18-8-9-19(13)16(18)14(11)12/h2-9H,10H2,1H3/q+2. The number of nitrogens with zero attached hydrogens (tertiary/aromatic N) is 3. The summed E-state index contributed by atoms with van der Waals surface area (Å²) in [5.74, 6) is 0. The van der Waals surface area contributed by atoms with Crippen LogP contribution in [0.15, 0.2) is 48.9 Å². The van der Waals surface area contributed by atoms with Crippen LogP contribution >= 0.6 is 0 Å². The summed E-state index contributed by atoms with van der Waals surface area (Å²) in [6.45, 7) is 0.989. The van der Waals surface area contributed by atoms with Gasteiger partial charge in [-0.25, -0.2) is 4.57 Å². The number of hydrogen-bond donors (Lipinski definition) is 0. The molecule has 0 saturated carbocycles. The molecule has 1 aliphatic heterocycles. The van der Waals surface area contributed by atoms with Crippen LogP contribution in [0.1, 0.15) is 5.56 Å². The van der Waals surface area contributed by atoms with Gasteiger partial charge in [0.05, 0.1) is 10.8 Å². The van der Waals surface area contributed by atoms with Gasteiger partial charge in [-0.2, -0.15) is 8.97 Å². The van der Waals surface area contributed by atoms with Gasteiger partial charge in [0.25, 0.3) is 11.2 Å². The zero-order valence-electron chi connectivity index (χ0n) is 10.7. The molecule has 4 heterocycles. The molecule has 0 radical (unpaired) electrons. The lowest BCUT2D eigenvalue weighted by Gasteiger charge is -2.01. The van der Waals surface area contributed by atoms with E-state index in [9.17, 15) is 0 Å². The fourth-order valence-electron chi connectivity index (χ4n) is 3.51. The topological polar surface area (TPSA) is 12.2 Å². The fraction of sp³-hybridized carbons (Fsp3) is 0.125. The molecule has 0 amide bonds. The number of pyridine rings is 2. The van der Waals surface area contributed by atoms with Crippen molar-refractivity contribution in [2.45, 2.75) is 6.54 Å². The van der Waals surface area contributed by atoms with Crippen LogP contribution in [-0.4, -0.2) is 4.40 Å². The van der Waals surface area contributed by atoms with Gasteiger partial charge in [-0.05, 0) is 12.1 Å². The molecule has 90 valence electrons. The Morgan fingerprint density at radius 3 is 3.00 bits per heavy atom. The number of hydrogen-bond acceptors (Lipinski definition) is 0. The third kappa shape index (κ3) is 0.964. The summed E-state index contributed by atoms with van der Waals surface area (Å²) in [6, 6.07) is 11.0. The summed E-state index contributed by atoms with van der Waals surface area (Å²) in [5, 5.41) is 2.76. The third-order valence-electron chi connectivity index (χ3n) is 4.28. The molecule has 3 heteroatoms. The highest BCUT2D eigenvalue weighted by atomic mass is 15.1. The van der Waals surface area contributed by atoms with Crippen molar-refractivity contribution in [3.63, 3.8) is 0 Å². The summed E-state index contributed by atoms with van der Waals surface area (Å²) >= 11 is 0. The third-order valence-corrected chi connectivity index (χ3v) is 4.28. The number of rotatable bonds is 0. The lowest BCUT2D eigenvalue weighted by atomic mass is 10.1. The van der Waals surface area contributed by atoms with E-state index in [4.69, 9.17) is 0 Å². The van der Waals surface area contributed by atoms with Crippen molar-refractivity contribution in [3.8, 4) is 0 Å². The lowest BCUT2D eigenvalue weighted by Crippen LogP contribution is -2.30. The van der Waals surface area contributed by atoms with Crippen molar-refractivity contribution in [2.75, 3.05) is 0 Å². The van der Waals surface area contributed by atoms with Crippen molar-refractivity contribution in [2.24, 2.45) is 7.05 Å². The van der Waals surface area contributed by atoms with Crippen molar-refractivity contribution in [1.82, 2.24) is 4.40 Å². The average Bonchev–Trinajstić information content (AvgIpc) is 2.97. The SMILES string of the molecule is C[n+]1cccc2c1c1cccc3c1c1n2cc[n+]1C3. The lowest BCUT2D eigenvalue weighted by molar-refractivity contribution is -0.657. The van der Waals surface area contributed by atoms with Crippen LogP contribution in [-0.2, 0) is 13.6 Å². The first-order valence-electron chi connectivity index (χ1n) is 6.57. The molecule has 5 rings (SSSR count). The molecule has 1 aliphatic rings. The molecule has 0 unspecified atom stereocenters. The average molecular weight is 247 g/mol. The Morgan fingerprint density at radius 1 is 1.11 bits per heavy atom. The number of aryl methyl sites for hydroxylation is 1. The Balaban J connectivity index is 2.29. The zero-order chi connectivity index (χ0) is 12.6.